The number of piperidine rings is 1. The van der Waals surface area contributed by atoms with Crippen molar-refractivity contribution in [3.8, 4) is 5.69 Å². The molecular formula is C17H25N5. The lowest BCUT2D eigenvalue weighted by atomic mass is 9.97. The highest BCUT2D eigenvalue weighted by atomic mass is 15.4. The molecule has 0 atom stereocenters. The summed E-state index contributed by atoms with van der Waals surface area (Å²) in [5, 5.41) is 8.21. The van der Waals surface area contributed by atoms with Crippen molar-refractivity contribution in [2.75, 3.05) is 13.1 Å². The van der Waals surface area contributed by atoms with Crippen LogP contribution in [0.5, 0.6) is 0 Å². The van der Waals surface area contributed by atoms with Gasteiger partial charge in [-0.1, -0.05) is 19.8 Å². The molecule has 3 heterocycles. The number of unbranched alkanes of at least 4 members (excludes halogenated alkanes) is 2. The maximum atomic E-state index is 4.89. The van der Waals surface area contributed by atoms with E-state index in [4.69, 9.17) is 10.1 Å². The van der Waals surface area contributed by atoms with Gasteiger partial charge in [0.15, 0.2) is 5.82 Å². The van der Waals surface area contributed by atoms with Gasteiger partial charge in [0.25, 0.3) is 0 Å². The van der Waals surface area contributed by atoms with Crippen LogP contribution in [0.15, 0.2) is 24.5 Å². The fourth-order valence-corrected chi connectivity index (χ4v) is 3.03. The zero-order valence-electron chi connectivity index (χ0n) is 13.3. The molecule has 2 aromatic heterocycles. The summed E-state index contributed by atoms with van der Waals surface area (Å²) in [6.45, 7) is 4.36. The number of rotatable bonds is 6. The number of nitrogens with one attached hydrogen (secondary N) is 1. The Balaban J connectivity index is 1.87. The minimum absolute atomic E-state index is 0.502. The van der Waals surface area contributed by atoms with E-state index in [9.17, 15) is 0 Å². The van der Waals surface area contributed by atoms with Crippen molar-refractivity contribution in [3.63, 3.8) is 0 Å². The Hall–Kier alpha value is -1.75. The van der Waals surface area contributed by atoms with Gasteiger partial charge in [-0.25, -0.2) is 9.67 Å². The van der Waals surface area contributed by atoms with E-state index in [1.807, 2.05) is 29.2 Å². The largest absolute Gasteiger partial charge is 0.317 e. The van der Waals surface area contributed by atoms with E-state index in [1.165, 1.54) is 19.3 Å². The second-order valence-electron chi connectivity index (χ2n) is 5.98. The Morgan fingerprint density at radius 2 is 1.95 bits per heavy atom. The molecule has 5 nitrogen and oxygen atoms in total. The monoisotopic (exact) mass is 299 g/mol. The Kier molecular flexibility index (Phi) is 5.16. The highest BCUT2D eigenvalue weighted by molar-refractivity contribution is 5.29. The normalized spacial score (nSPS) is 16.0. The number of aryl methyl sites for hydroxylation is 1. The molecule has 22 heavy (non-hydrogen) atoms. The molecule has 1 N–H and O–H groups in total. The first kappa shape index (κ1) is 15.2. The van der Waals surface area contributed by atoms with Crippen molar-refractivity contribution in [3.05, 3.63) is 36.2 Å². The van der Waals surface area contributed by atoms with E-state index in [1.54, 1.807) is 0 Å². The van der Waals surface area contributed by atoms with Crippen LogP contribution in [0.4, 0.5) is 0 Å². The smallest absolute Gasteiger partial charge is 0.151 e. The summed E-state index contributed by atoms with van der Waals surface area (Å²) in [5.41, 5.74) is 1.07. The van der Waals surface area contributed by atoms with Gasteiger partial charge in [0.1, 0.15) is 5.82 Å². The molecule has 3 rings (SSSR count). The van der Waals surface area contributed by atoms with Crippen LogP contribution in [0.1, 0.15) is 56.6 Å². The Morgan fingerprint density at radius 3 is 2.68 bits per heavy atom. The van der Waals surface area contributed by atoms with Crippen molar-refractivity contribution in [2.45, 2.75) is 51.4 Å². The van der Waals surface area contributed by atoms with Crippen molar-refractivity contribution >= 4 is 0 Å². The van der Waals surface area contributed by atoms with Gasteiger partial charge in [0.05, 0.1) is 5.69 Å². The lowest BCUT2D eigenvalue weighted by molar-refractivity contribution is 0.438. The van der Waals surface area contributed by atoms with Crippen LogP contribution in [0.3, 0.4) is 0 Å². The summed E-state index contributed by atoms with van der Waals surface area (Å²) in [6, 6.07) is 4.02. The predicted molar refractivity (Wildman–Crippen MR) is 87.2 cm³/mol. The van der Waals surface area contributed by atoms with E-state index in [2.05, 4.69) is 17.2 Å². The summed E-state index contributed by atoms with van der Waals surface area (Å²) >= 11 is 0. The van der Waals surface area contributed by atoms with E-state index in [0.717, 1.165) is 49.7 Å². The van der Waals surface area contributed by atoms with E-state index >= 15 is 0 Å². The van der Waals surface area contributed by atoms with E-state index < -0.39 is 0 Å². The van der Waals surface area contributed by atoms with Gasteiger partial charge >= 0.3 is 0 Å². The summed E-state index contributed by atoms with van der Waals surface area (Å²) in [6.07, 6.45) is 10.5. The molecule has 0 radical (unpaired) electrons. The molecule has 0 aromatic carbocycles. The molecule has 1 saturated heterocycles. The SMILES string of the molecule is CCCCCc1nc(C2CCNCC2)n(-c2ccncc2)n1. The topological polar surface area (TPSA) is 55.6 Å². The van der Waals surface area contributed by atoms with Crippen molar-refractivity contribution < 1.29 is 0 Å². The first-order valence-electron chi connectivity index (χ1n) is 8.45. The van der Waals surface area contributed by atoms with E-state index in [0.29, 0.717) is 5.92 Å². The molecule has 5 heteroatoms. The summed E-state index contributed by atoms with van der Waals surface area (Å²) in [7, 11) is 0. The molecule has 0 spiro atoms. The molecule has 0 bridgehead atoms. The zero-order valence-corrected chi connectivity index (χ0v) is 13.3. The third-order valence-corrected chi connectivity index (χ3v) is 4.29. The average molecular weight is 299 g/mol. The van der Waals surface area contributed by atoms with Crippen LogP contribution in [0.2, 0.25) is 0 Å². The van der Waals surface area contributed by atoms with Crippen LogP contribution in [-0.4, -0.2) is 32.8 Å². The minimum Gasteiger partial charge on any atom is -0.317 e. The fraction of sp³-hybridized carbons (Fsp3) is 0.588. The Morgan fingerprint density at radius 1 is 1.18 bits per heavy atom. The average Bonchev–Trinajstić information content (AvgIpc) is 3.01. The highest BCUT2D eigenvalue weighted by Crippen LogP contribution is 2.26. The summed E-state index contributed by atoms with van der Waals surface area (Å²) in [4.78, 5) is 8.99. The molecule has 118 valence electrons. The number of nitrogens with zero attached hydrogens (tertiary/aromatic N) is 4. The molecule has 0 unspecified atom stereocenters. The first-order valence-corrected chi connectivity index (χ1v) is 8.45. The number of pyridine rings is 1. The predicted octanol–water partition coefficient (Wildman–Crippen LogP) is 2.86. The molecular weight excluding hydrogens is 274 g/mol. The number of aromatic nitrogens is 4. The van der Waals surface area contributed by atoms with Crippen LogP contribution in [0, 0.1) is 0 Å². The van der Waals surface area contributed by atoms with Crippen molar-refractivity contribution in [2.24, 2.45) is 0 Å². The van der Waals surface area contributed by atoms with Gasteiger partial charge in [0, 0.05) is 24.7 Å². The lowest BCUT2D eigenvalue weighted by Crippen LogP contribution is -2.28. The lowest BCUT2D eigenvalue weighted by Gasteiger charge is -2.22. The van der Waals surface area contributed by atoms with Crippen LogP contribution < -0.4 is 5.32 Å². The molecule has 1 aliphatic rings. The quantitative estimate of drug-likeness (QED) is 0.833. The van der Waals surface area contributed by atoms with E-state index in [-0.39, 0.29) is 0 Å². The maximum absolute atomic E-state index is 4.89. The molecule has 0 saturated carbocycles. The minimum atomic E-state index is 0.502. The molecule has 2 aromatic rings. The third-order valence-electron chi connectivity index (χ3n) is 4.29. The zero-order chi connectivity index (χ0) is 15.2. The van der Waals surface area contributed by atoms with Crippen LogP contribution in [-0.2, 0) is 6.42 Å². The summed E-state index contributed by atoms with van der Waals surface area (Å²) < 4.78 is 2.04. The first-order chi connectivity index (χ1) is 10.9. The molecule has 1 fully saturated rings. The van der Waals surface area contributed by atoms with Crippen molar-refractivity contribution in [1.29, 1.82) is 0 Å². The number of hydrogen-bond acceptors (Lipinski definition) is 4. The van der Waals surface area contributed by atoms with Gasteiger partial charge in [-0.2, -0.15) is 5.10 Å². The Labute approximate surface area is 132 Å². The molecule has 0 aliphatic carbocycles. The number of hydrogen-bond donors (Lipinski definition) is 1. The van der Waals surface area contributed by atoms with Gasteiger partial charge in [0.2, 0.25) is 0 Å². The fourth-order valence-electron chi connectivity index (χ4n) is 3.03. The van der Waals surface area contributed by atoms with Crippen LogP contribution >= 0.6 is 0 Å². The second kappa shape index (κ2) is 7.49. The van der Waals surface area contributed by atoms with Crippen LogP contribution in [0.25, 0.3) is 5.69 Å². The van der Waals surface area contributed by atoms with Gasteiger partial charge in [-0.3, -0.25) is 4.98 Å². The van der Waals surface area contributed by atoms with Gasteiger partial charge < -0.3 is 5.32 Å². The van der Waals surface area contributed by atoms with Gasteiger partial charge in [-0.05, 0) is 44.5 Å². The molecule has 0 amide bonds. The highest BCUT2D eigenvalue weighted by Gasteiger charge is 2.23. The second-order valence-corrected chi connectivity index (χ2v) is 5.98. The van der Waals surface area contributed by atoms with Crippen molar-refractivity contribution in [1.82, 2.24) is 25.1 Å². The van der Waals surface area contributed by atoms with Gasteiger partial charge in [-0.15, -0.1) is 0 Å². The molecule has 1 aliphatic heterocycles. The summed E-state index contributed by atoms with van der Waals surface area (Å²) in [5.74, 6) is 2.61. The standard InChI is InChI=1S/C17H25N5/c1-2-3-4-5-16-20-17(14-6-10-18-11-7-14)22(21-16)15-8-12-19-13-9-15/h8-9,12-14,18H,2-7,10-11H2,1H3. The Bertz CT molecular complexity index is 572. The maximum Gasteiger partial charge on any atom is 0.151 e. The third kappa shape index (κ3) is 3.53.